The number of anilines is 5. The summed E-state index contributed by atoms with van der Waals surface area (Å²) in [5, 5.41) is 11.6. The Morgan fingerprint density at radius 2 is 1.70 bits per heavy atom. The van der Waals surface area contributed by atoms with Crippen LogP contribution in [0.25, 0.3) is 22.3 Å². The molecule has 2 N–H and O–H groups in total. The van der Waals surface area contributed by atoms with E-state index in [4.69, 9.17) is 16.3 Å². The Labute approximate surface area is 298 Å². The highest BCUT2D eigenvalue weighted by Gasteiger charge is 2.32. The number of hydrogen-bond acceptors (Lipinski definition) is 8. The molecule has 1 fully saturated rings. The molecule has 0 amide bonds. The van der Waals surface area contributed by atoms with Gasteiger partial charge in [-0.25, -0.2) is 9.37 Å². The van der Waals surface area contributed by atoms with E-state index in [1.165, 1.54) is 13.3 Å². The molecule has 0 bridgehead atoms. The molecule has 2 aromatic heterocycles. The highest BCUT2D eigenvalue weighted by Crippen LogP contribution is 2.46. The molecule has 3 aromatic carbocycles. The predicted molar refractivity (Wildman–Crippen MR) is 204 cm³/mol. The number of piperidine rings is 1. The number of rotatable bonds is 9. The van der Waals surface area contributed by atoms with Crippen LogP contribution in [0.3, 0.4) is 0 Å². The molecule has 1 aliphatic rings. The average Bonchev–Trinajstić information content (AvgIpc) is 3.52. The van der Waals surface area contributed by atoms with Gasteiger partial charge in [-0.3, -0.25) is 4.68 Å². The molecular weight excluding hydrogens is 672 g/mol. The van der Waals surface area contributed by atoms with Crippen LogP contribution in [0.15, 0.2) is 73.2 Å². The topological polar surface area (TPSA) is 97.2 Å². The van der Waals surface area contributed by atoms with Gasteiger partial charge in [0.05, 0.1) is 30.9 Å². The largest absolute Gasteiger partial charge is 0.494 e. The first kappa shape index (κ1) is 35.4. The van der Waals surface area contributed by atoms with E-state index in [1.807, 2.05) is 67.8 Å². The molecular formula is C38H44ClFN7O2P. The van der Waals surface area contributed by atoms with Gasteiger partial charge in [-0.2, -0.15) is 10.1 Å². The van der Waals surface area contributed by atoms with Crippen LogP contribution in [0.4, 0.5) is 33.2 Å². The van der Waals surface area contributed by atoms with Crippen molar-refractivity contribution in [1.82, 2.24) is 19.7 Å². The maximum absolute atomic E-state index is 16.9. The van der Waals surface area contributed by atoms with Gasteiger partial charge in [-0.05, 0) is 60.8 Å². The molecule has 1 saturated heterocycles. The third-order valence-corrected chi connectivity index (χ3v) is 11.2. The zero-order valence-corrected chi connectivity index (χ0v) is 31.2. The number of aromatic nitrogens is 4. The number of nitrogens with one attached hydrogen (secondary N) is 2. The van der Waals surface area contributed by atoms with Crippen LogP contribution in [0, 0.1) is 17.2 Å². The minimum Gasteiger partial charge on any atom is -0.494 e. The maximum Gasteiger partial charge on any atom is 0.229 e. The first-order valence-electron chi connectivity index (χ1n) is 16.7. The van der Waals surface area contributed by atoms with Gasteiger partial charge < -0.3 is 24.8 Å². The summed E-state index contributed by atoms with van der Waals surface area (Å²) in [4.78, 5) is 11.2. The quantitative estimate of drug-likeness (QED) is 0.146. The average molecular weight is 716 g/mol. The molecule has 50 heavy (non-hydrogen) atoms. The minimum atomic E-state index is -2.74. The monoisotopic (exact) mass is 715 g/mol. The van der Waals surface area contributed by atoms with Crippen molar-refractivity contribution < 1.29 is 13.7 Å². The zero-order chi connectivity index (χ0) is 35.8. The first-order chi connectivity index (χ1) is 23.7. The Morgan fingerprint density at radius 1 is 0.980 bits per heavy atom. The third-order valence-electron chi connectivity index (χ3n) is 9.40. The lowest BCUT2D eigenvalue weighted by molar-refractivity contribution is 0.199. The third kappa shape index (κ3) is 7.52. The van der Waals surface area contributed by atoms with Crippen molar-refractivity contribution in [3.8, 4) is 28.0 Å². The van der Waals surface area contributed by atoms with Gasteiger partial charge in [0.15, 0.2) is 11.6 Å². The van der Waals surface area contributed by atoms with Crippen molar-refractivity contribution in [2.45, 2.75) is 33.6 Å². The van der Waals surface area contributed by atoms with Gasteiger partial charge in [0.25, 0.3) is 0 Å². The maximum atomic E-state index is 16.9. The van der Waals surface area contributed by atoms with Crippen LogP contribution in [0.2, 0.25) is 5.02 Å². The van der Waals surface area contributed by atoms with Crippen molar-refractivity contribution in [1.29, 1.82) is 0 Å². The van der Waals surface area contributed by atoms with Gasteiger partial charge >= 0.3 is 0 Å². The smallest absolute Gasteiger partial charge is 0.229 e. The summed E-state index contributed by atoms with van der Waals surface area (Å²) < 4.78 is 37.9. The van der Waals surface area contributed by atoms with E-state index >= 15 is 4.39 Å². The second kappa shape index (κ2) is 14.1. The number of halogens is 2. The fourth-order valence-corrected chi connectivity index (χ4v) is 7.90. The standard InChI is InChI=1S/C38H44ClFN7O2P/c1-38(2,3)27-15-17-47(18-16-27)30-20-31(49-5)35(34(40)33(30)26-21-42-46(4)23-26)44-37-41-22-28(39)36(45-37)43-29-14-13-25(19-32(29)50(6,7)48)24-11-9-8-10-12-24/h8-14,19-23,27H,15-18H2,1-7H3,(H2,41,43,44,45). The van der Waals surface area contributed by atoms with Gasteiger partial charge in [-0.15, -0.1) is 0 Å². The second-order valence-corrected chi connectivity index (χ2v) is 17.9. The highest BCUT2D eigenvalue weighted by molar-refractivity contribution is 7.70. The molecule has 6 rings (SSSR count). The molecule has 0 saturated carbocycles. The highest BCUT2D eigenvalue weighted by atomic mass is 35.5. The number of nitrogens with zero attached hydrogens (tertiary/aromatic N) is 5. The molecule has 0 unspecified atom stereocenters. The van der Waals surface area contributed by atoms with Gasteiger partial charge in [0, 0.05) is 48.8 Å². The Morgan fingerprint density at radius 3 is 2.32 bits per heavy atom. The molecule has 262 valence electrons. The SMILES string of the molecule is COc1cc(N2CCC(C(C)(C)C)CC2)c(-c2cnn(C)c2)c(F)c1Nc1ncc(Cl)c(Nc2ccc(-c3ccccc3)cc2P(C)(C)=O)n1. The lowest BCUT2D eigenvalue weighted by Crippen LogP contribution is -2.38. The van der Waals surface area contributed by atoms with Crippen LogP contribution in [-0.4, -0.2) is 53.3 Å². The zero-order valence-electron chi connectivity index (χ0n) is 29.6. The summed E-state index contributed by atoms with van der Waals surface area (Å²) in [5.41, 5.74) is 4.69. The lowest BCUT2D eigenvalue weighted by atomic mass is 9.75. The van der Waals surface area contributed by atoms with Crippen molar-refractivity contribution in [2.75, 3.05) is 49.1 Å². The fraction of sp³-hybridized carbons (Fsp3) is 0.342. The van der Waals surface area contributed by atoms with Gasteiger partial charge in [0.2, 0.25) is 5.95 Å². The Hall–Kier alpha value is -4.40. The Kier molecular flexibility index (Phi) is 9.98. The van der Waals surface area contributed by atoms with E-state index < -0.39 is 13.0 Å². The van der Waals surface area contributed by atoms with Gasteiger partial charge in [0.1, 0.15) is 23.6 Å². The molecule has 0 aliphatic carbocycles. The van der Waals surface area contributed by atoms with Crippen LogP contribution < -0.4 is 25.6 Å². The van der Waals surface area contributed by atoms with E-state index in [0.717, 1.165) is 42.7 Å². The van der Waals surface area contributed by atoms with Crippen LogP contribution >= 0.6 is 18.7 Å². The van der Waals surface area contributed by atoms with Crippen LogP contribution in [0.1, 0.15) is 33.6 Å². The summed E-state index contributed by atoms with van der Waals surface area (Å²) in [7, 11) is 0.586. The first-order valence-corrected chi connectivity index (χ1v) is 19.7. The minimum absolute atomic E-state index is 0.0903. The van der Waals surface area contributed by atoms with Crippen molar-refractivity contribution in [2.24, 2.45) is 18.4 Å². The number of benzene rings is 3. The van der Waals surface area contributed by atoms with Crippen molar-refractivity contribution in [3.63, 3.8) is 0 Å². The van der Waals surface area contributed by atoms with E-state index in [1.54, 1.807) is 24.2 Å². The number of methoxy groups -OCH3 is 1. The Balaban J connectivity index is 1.36. The molecule has 9 nitrogen and oxygen atoms in total. The second-order valence-electron chi connectivity index (χ2n) is 14.3. The summed E-state index contributed by atoms with van der Waals surface area (Å²) in [6.45, 7) is 11.9. The predicted octanol–water partition coefficient (Wildman–Crippen LogP) is 9.34. The fourth-order valence-electron chi connectivity index (χ4n) is 6.60. The summed E-state index contributed by atoms with van der Waals surface area (Å²) >= 11 is 6.59. The molecule has 1 aliphatic heterocycles. The lowest BCUT2D eigenvalue weighted by Gasteiger charge is -2.40. The molecule has 0 radical (unpaired) electrons. The molecule has 12 heteroatoms. The van der Waals surface area contributed by atoms with Crippen molar-refractivity contribution in [3.05, 3.63) is 84.0 Å². The summed E-state index contributed by atoms with van der Waals surface area (Å²) in [6.07, 6.45) is 6.94. The van der Waals surface area contributed by atoms with Gasteiger partial charge in [-0.1, -0.05) is 68.8 Å². The normalized spacial score (nSPS) is 14.1. The summed E-state index contributed by atoms with van der Waals surface area (Å²) in [5.74, 6) is 0.764. The van der Waals surface area contributed by atoms with Crippen LogP contribution in [0.5, 0.6) is 5.75 Å². The van der Waals surface area contributed by atoms with E-state index in [-0.39, 0.29) is 27.9 Å². The van der Waals surface area contributed by atoms with E-state index in [9.17, 15) is 4.57 Å². The Bertz CT molecular complexity index is 2050. The molecule has 3 heterocycles. The molecule has 0 spiro atoms. The van der Waals surface area contributed by atoms with E-state index in [0.29, 0.717) is 33.8 Å². The molecule has 5 aromatic rings. The summed E-state index contributed by atoms with van der Waals surface area (Å²) in [6, 6.07) is 17.5. The van der Waals surface area contributed by atoms with Crippen LogP contribution in [-0.2, 0) is 11.6 Å². The number of hydrogen-bond donors (Lipinski definition) is 2. The number of aryl methyl sites for hydroxylation is 1. The van der Waals surface area contributed by atoms with Crippen molar-refractivity contribution >= 4 is 52.9 Å². The molecule has 0 atom stereocenters. The number of ether oxygens (including phenoxy) is 1. The van der Waals surface area contributed by atoms with E-state index in [2.05, 4.69) is 51.4 Å².